The normalized spacial score (nSPS) is 19.9. The molecule has 1 fully saturated rings. The fraction of sp³-hybridized carbons (Fsp3) is 0.500. The Morgan fingerprint density at radius 2 is 2.47 bits per heavy atom. The van der Waals surface area contributed by atoms with Gasteiger partial charge in [0.05, 0.1) is 13.2 Å². The van der Waals surface area contributed by atoms with Crippen molar-refractivity contribution in [3.63, 3.8) is 0 Å². The second kappa shape index (κ2) is 5.55. The minimum atomic E-state index is -0.330. The summed E-state index contributed by atoms with van der Waals surface area (Å²) in [7, 11) is 0. The molecule has 1 aliphatic rings. The molecule has 1 saturated heterocycles. The van der Waals surface area contributed by atoms with Gasteiger partial charge in [-0.15, -0.1) is 0 Å². The highest BCUT2D eigenvalue weighted by atomic mass is 16.5. The van der Waals surface area contributed by atoms with Crippen molar-refractivity contribution in [2.24, 2.45) is 0 Å². The van der Waals surface area contributed by atoms with Crippen LogP contribution < -0.4 is 16.2 Å². The highest BCUT2D eigenvalue weighted by Crippen LogP contribution is 1.93. The molecule has 0 saturated carbocycles. The Labute approximate surface area is 97.6 Å². The second-order valence-corrected chi connectivity index (χ2v) is 3.74. The number of aromatic amines is 1. The fourth-order valence-electron chi connectivity index (χ4n) is 1.53. The predicted molar refractivity (Wildman–Crippen MR) is 59.8 cm³/mol. The van der Waals surface area contributed by atoms with Gasteiger partial charge in [0.15, 0.2) is 0 Å². The van der Waals surface area contributed by atoms with Gasteiger partial charge in [0, 0.05) is 25.2 Å². The summed E-state index contributed by atoms with van der Waals surface area (Å²) in [6.45, 7) is 2.54. The van der Waals surface area contributed by atoms with E-state index in [0.29, 0.717) is 19.8 Å². The van der Waals surface area contributed by atoms with Crippen LogP contribution >= 0.6 is 0 Å². The number of carbonyl (C=O) groups excluding carboxylic acids is 1. The molecule has 2 heterocycles. The third kappa shape index (κ3) is 3.36. The molecule has 0 aromatic carbocycles. The molecule has 0 radical (unpaired) electrons. The highest BCUT2D eigenvalue weighted by Gasteiger charge is 2.14. The van der Waals surface area contributed by atoms with Crippen molar-refractivity contribution in [2.45, 2.75) is 6.04 Å². The summed E-state index contributed by atoms with van der Waals surface area (Å²) in [6.07, 6.45) is 0. The SMILES string of the molecule is O=C(NCC1COCCN1)c1ccc(=O)[nH]n1. The number of H-pyrrole nitrogens is 1. The molecular weight excluding hydrogens is 224 g/mol. The molecule has 0 bridgehead atoms. The number of nitrogens with zero attached hydrogens (tertiary/aromatic N) is 1. The van der Waals surface area contributed by atoms with Crippen LogP contribution in [0.1, 0.15) is 10.5 Å². The average molecular weight is 238 g/mol. The van der Waals surface area contributed by atoms with Crippen LogP contribution in [-0.4, -0.2) is 48.4 Å². The monoisotopic (exact) mass is 238 g/mol. The third-order valence-electron chi connectivity index (χ3n) is 2.42. The van der Waals surface area contributed by atoms with Crippen molar-refractivity contribution >= 4 is 5.91 Å². The van der Waals surface area contributed by atoms with Gasteiger partial charge < -0.3 is 15.4 Å². The first-order chi connectivity index (χ1) is 8.25. The lowest BCUT2D eigenvalue weighted by Gasteiger charge is -2.23. The summed E-state index contributed by atoms with van der Waals surface area (Å²) in [5.74, 6) is -0.311. The van der Waals surface area contributed by atoms with E-state index >= 15 is 0 Å². The molecule has 17 heavy (non-hydrogen) atoms. The minimum Gasteiger partial charge on any atom is -0.378 e. The number of nitrogens with one attached hydrogen (secondary N) is 3. The Kier molecular flexibility index (Phi) is 3.84. The van der Waals surface area contributed by atoms with E-state index in [9.17, 15) is 9.59 Å². The summed E-state index contributed by atoms with van der Waals surface area (Å²) in [5, 5.41) is 11.8. The van der Waals surface area contributed by atoms with Gasteiger partial charge in [-0.25, -0.2) is 5.10 Å². The van der Waals surface area contributed by atoms with Crippen LogP contribution in [0.2, 0.25) is 0 Å². The van der Waals surface area contributed by atoms with Gasteiger partial charge in [-0.3, -0.25) is 9.59 Å². The van der Waals surface area contributed by atoms with E-state index in [1.165, 1.54) is 12.1 Å². The Balaban J connectivity index is 1.84. The van der Waals surface area contributed by atoms with Crippen molar-refractivity contribution in [1.82, 2.24) is 20.8 Å². The molecule has 1 aromatic rings. The van der Waals surface area contributed by atoms with Gasteiger partial charge >= 0.3 is 0 Å². The lowest BCUT2D eigenvalue weighted by molar-refractivity contribution is 0.0733. The molecule has 2 rings (SSSR count). The van der Waals surface area contributed by atoms with Crippen molar-refractivity contribution in [3.05, 3.63) is 28.2 Å². The third-order valence-corrected chi connectivity index (χ3v) is 2.42. The largest absolute Gasteiger partial charge is 0.378 e. The standard InChI is InChI=1S/C10H14N4O3/c15-9-2-1-8(13-14-9)10(16)12-5-7-6-17-4-3-11-7/h1-2,7,11H,3-6H2,(H,12,16)(H,14,15). The molecule has 92 valence electrons. The lowest BCUT2D eigenvalue weighted by Crippen LogP contribution is -2.48. The number of aromatic nitrogens is 2. The lowest BCUT2D eigenvalue weighted by atomic mass is 10.2. The van der Waals surface area contributed by atoms with Crippen LogP contribution in [0.5, 0.6) is 0 Å². The van der Waals surface area contributed by atoms with Crippen molar-refractivity contribution in [3.8, 4) is 0 Å². The number of morpholine rings is 1. The zero-order valence-electron chi connectivity index (χ0n) is 9.23. The molecule has 3 N–H and O–H groups in total. The molecule has 1 amide bonds. The second-order valence-electron chi connectivity index (χ2n) is 3.74. The van der Waals surface area contributed by atoms with Crippen LogP contribution in [0, 0.1) is 0 Å². The molecule has 7 nitrogen and oxygen atoms in total. The molecule has 1 aliphatic heterocycles. The van der Waals surface area contributed by atoms with Gasteiger partial charge in [0.25, 0.3) is 11.5 Å². The van der Waals surface area contributed by atoms with Crippen molar-refractivity contribution in [1.29, 1.82) is 0 Å². The van der Waals surface area contributed by atoms with Gasteiger partial charge in [-0.1, -0.05) is 0 Å². The van der Waals surface area contributed by atoms with Crippen LogP contribution in [0.15, 0.2) is 16.9 Å². The number of hydrogen-bond donors (Lipinski definition) is 3. The Morgan fingerprint density at radius 1 is 1.59 bits per heavy atom. The molecular formula is C10H14N4O3. The number of amides is 1. The summed E-state index contributed by atoms with van der Waals surface area (Å²) in [6, 6.07) is 2.78. The first kappa shape index (κ1) is 11.7. The zero-order chi connectivity index (χ0) is 12.1. The zero-order valence-corrected chi connectivity index (χ0v) is 9.23. The topological polar surface area (TPSA) is 96.1 Å². The molecule has 7 heteroatoms. The smallest absolute Gasteiger partial charge is 0.271 e. The van der Waals surface area contributed by atoms with E-state index in [1.54, 1.807) is 0 Å². The average Bonchev–Trinajstić information content (AvgIpc) is 2.38. The Morgan fingerprint density at radius 3 is 3.12 bits per heavy atom. The maximum absolute atomic E-state index is 11.6. The molecule has 0 spiro atoms. The van der Waals surface area contributed by atoms with Gasteiger partial charge in [-0.05, 0) is 6.07 Å². The van der Waals surface area contributed by atoms with Gasteiger partial charge in [0.1, 0.15) is 5.69 Å². The van der Waals surface area contributed by atoms with E-state index in [2.05, 4.69) is 20.8 Å². The first-order valence-electron chi connectivity index (χ1n) is 5.41. The molecule has 0 aliphatic carbocycles. The summed E-state index contributed by atoms with van der Waals surface area (Å²) < 4.78 is 5.26. The number of hydrogen-bond acceptors (Lipinski definition) is 5. The van der Waals surface area contributed by atoms with E-state index in [-0.39, 0.29) is 23.2 Å². The number of rotatable bonds is 3. The summed E-state index contributed by atoms with van der Waals surface area (Å²) in [4.78, 5) is 22.4. The highest BCUT2D eigenvalue weighted by molar-refractivity contribution is 5.91. The molecule has 1 aromatic heterocycles. The number of ether oxygens (including phenoxy) is 1. The van der Waals surface area contributed by atoms with Crippen LogP contribution in [0.25, 0.3) is 0 Å². The van der Waals surface area contributed by atoms with Gasteiger partial charge in [-0.2, -0.15) is 5.10 Å². The summed E-state index contributed by atoms with van der Waals surface area (Å²) >= 11 is 0. The van der Waals surface area contributed by atoms with Crippen molar-refractivity contribution in [2.75, 3.05) is 26.3 Å². The van der Waals surface area contributed by atoms with Crippen LogP contribution in [0.3, 0.4) is 0 Å². The minimum absolute atomic E-state index is 0.121. The van der Waals surface area contributed by atoms with E-state index in [0.717, 1.165) is 6.54 Å². The van der Waals surface area contributed by atoms with E-state index in [1.807, 2.05) is 0 Å². The summed E-state index contributed by atoms with van der Waals surface area (Å²) in [5.41, 5.74) is -0.134. The fourth-order valence-corrected chi connectivity index (χ4v) is 1.53. The maximum atomic E-state index is 11.6. The van der Waals surface area contributed by atoms with Gasteiger partial charge in [0.2, 0.25) is 0 Å². The predicted octanol–water partition coefficient (Wildman–Crippen LogP) is -1.51. The van der Waals surface area contributed by atoms with E-state index in [4.69, 9.17) is 4.74 Å². The quantitative estimate of drug-likeness (QED) is 0.595. The first-order valence-corrected chi connectivity index (χ1v) is 5.41. The number of carbonyl (C=O) groups is 1. The van der Waals surface area contributed by atoms with E-state index < -0.39 is 0 Å². The van der Waals surface area contributed by atoms with Crippen LogP contribution in [0.4, 0.5) is 0 Å². The maximum Gasteiger partial charge on any atom is 0.271 e. The molecule has 1 atom stereocenters. The Bertz CT molecular complexity index is 419. The Hall–Kier alpha value is -1.73. The van der Waals surface area contributed by atoms with Crippen molar-refractivity contribution < 1.29 is 9.53 Å². The molecule has 1 unspecified atom stereocenters. The van der Waals surface area contributed by atoms with Crippen LogP contribution in [-0.2, 0) is 4.74 Å².